The Labute approximate surface area is 153 Å². The molecule has 1 aliphatic rings. The van der Waals surface area contributed by atoms with Crippen molar-refractivity contribution >= 4 is 11.9 Å². The lowest BCUT2D eigenvalue weighted by Crippen LogP contribution is -2.35. The van der Waals surface area contributed by atoms with E-state index in [0.717, 1.165) is 25.0 Å². The fraction of sp³-hybridized carbons (Fsp3) is 0.579. The number of hydrogen-bond donors (Lipinski definition) is 0. The van der Waals surface area contributed by atoms with Crippen LogP contribution in [-0.2, 0) is 23.8 Å². The molecule has 1 aromatic carbocycles. The van der Waals surface area contributed by atoms with Crippen molar-refractivity contribution in [1.29, 1.82) is 0 Å². The van der Waals surface area contributed by atoms with Crippen molar-refractivity contribution in [2.24, 2.45) is 0 Å². The van der Waals surface area contributed by atoms with E-state index in [0.29, 0.717) is 6.61 Å². The largest absolute Gasteiger partial charge is 0.454 e. The van der Waals surface area contributed by atoms with E-state index in [4.69, 9.17) is 14.2 Å². The van der Waals surface area contributed by atoms with Gasteiger partial charge in [0.25, 0.3) is 5.91 Å². The van der Waals surface area contributed by atoms with Crippen LogP contribution < -0.4 is 0 Å². The molecular formula is C19H26FNO5. The van der Waals surface area contributed by atoms with Crippen molar-refractivity contribution in [1.82, 2.24) is 4.90 Å². The topological polar surface area (TPSA) is 65.1 Å². The molecule has 144 valence electrons. The fourth-order valence-electron chi connectivity index (χ4n) is 2.63. The Kier molecular flexibility index (Phi) is 7.53. The maximum atomic E-state index is 13.0. The second kappa shape index (κ2) is 9.64. The number of esters is 1. The highest BCUT2D eigenvalue weighted by molar-refractivity contribution is 5.82. The van der Waals surface area contributed by atoms with Gasteiger partial charge in [-0.05, 0) is 44.4 Å². The second-order valence-electron chi connectivity index (χ2n) is 6.45. The van der Waals surface area contributed by atoms with E-state index in [1.54, 1.807) is 26.1 Å². The molecule has 1 fully saturated rings. The van der Waals surface area contributed by atoms with Gasteiger partial charge in [0.05, 0.1) is 18.8 Å². The summed E-state index contributed by atoms with van der Waals surface area (Å²) in [7, 11) is 1.61. The highest BCUT2D eigenvalue weighted by Crippen LogP contribution is 2.19. The van der Waals surface area contributed by atoms with Gasteiger partial charge in [-0.15, -0.1) is 0 Å². The van der Waals surface area contributed by atoms with Gasteiger partial charge in [0.2, 0.25) is 0 Å². The van der Waals surface area contributed by atoms with E-state index in [9.17, 15) is 14.0 Å². The summed E-state index contributed by atoms with van der Waals surface area (Å²) in [5.41, 5.74) is 0.793. The first-order valence-electron chi connectivity index (χ1n) is 8.79. The van der Waals surface area contributed by atoms with Crippen LogP contribution in [0.4, 0.5) is 4.39 Å². The van der Waals surface area contributed by atoms with Gasteiger partial charge in [-0.2, -0.15) is 0 Å². The van der Waals surface area contributed by atoms with E-state index in [1.807, 2.05) is 6.92 Å². The summed E-state index contributed by atoms with van der Waals surface area (Å²) in [6.07, 6.45) is 1.19. The smallest absolute Gasteiger partial charge is 0.335 e. The number of benzene rings is 1. The summed E-state index contributed by atoms with van der Waals surface area (Å²) in [5, 5.41) is 0. The molecule has 3 atom stereocenters. The van der Waals surface area contributed by atoms with Crippen LogP contribution in [0.2, 0.25) is 0 Å². The van der Waals surface area contributed by atoms with Crippen molar-refractivity contribution in [2.75, 3.05) is 26.9 Å². The number of likely N-dealkylation sites (N-methyl/N-ethyl adjacent to an activating group) is 1. The van der Waals surface area contributed by atoms with Crippen LogP contribution in [-0.4, -0.2) is 55.9 Å². The molecule has 1 aliphatic heterocycles. The summed E-state index contributed by atoms with van der Waals surface area (Å²) >= 11 is 0. The van der Waals surface area contributed by atoms with Crippen LogP contribution in [0, 0.1) is 5.82 Å². The number of rotatable bonds is 8. The Balaban J connectivity index is 1.75. The number of hydrogen-bond acceptors (Lipinski definition) is 5. The van der Waals surface area contributed by atoms with E-state index >= 15 is 0 Å². The molecule has 0 aromatic heterocycles. The van der Waals surface area contributed by atoms with Crippen molar-refractivity contribution < 1.29 is 28.2 Å². The third kappa shape index (κ3) is 5.78. The Morgan fingerprint density at radius 2 is 2.00 bits per heavy atom. The molecule has 0 spiro atoms. The molecular weight excluding hydrogens is 341 g/mol. The van der Waals surface area contributed by atoms with E-state index in [1.165, 1.54) is 17.0 Å². The Hall–Kier alpha value is -1.99. The molecule has 0 radical (unpaired) electrons. The van der Waals surface area contributed by atoms with Crippen LogP contribution in [0.3, 0.4) is 0 Å². The molecule has 0 aliphatic carbocycles. The number of halogens is 1. The second-order valence-corrected chi connectivity index (χ2v) is 6.45. The molecule has 1 amide bonds. The van der Waals surface area contributed by atoms with Gasteiger partial charge in [-0.3, -0.25) is 4.79 Å². The number of amides is 1. The highest BCUT2D eigenvalue weighted by Gasteiger charge is 2.23. The quantitative estimate of drug-likeness (QED) is 0.661. The first-order chi connectivity index (χ1) is 12.4. The average Bonchev–Trinajstić information content (AvgIpc) is 3.16. The molecule has 1 heterocycles. The van der Waals surface area contributed by atoms with Crippen molar-refractivity contribution in [3.05, 3.63) is 35.6 Å². The highest BCUT2D eigenvalue weighted by atomic mass is 19.1. The SMILES string of the molecule is CC(OCC1CCCO1)C(=O)OCC(=O)N(C)C(C)c1ccc(F)cc1. The minimum absolute atomic E-state index is 0.0228. The molecule has 2 rings (SSSR count). The Morgan fingerprint density at radius 3 is 2.62 bits per heavy atom. The van der Waals surface area contributed by atoms with Gasteiger partial charge in [0, 0.05) is 13.7 Å². The van der Waals surface area contributed by atoms with E-state index < -0.39 is 12.1 Å². The lowest BCUT2D eigenvalue weighted by atomic mass is 10.1. The molecule has 1 saturated heterocycles. The molecule has 0 N–H and O–H groups in total. The minimum Gasteiger partial charge on any atom is -0.454 e. The molecule has 0 bridgehead atoms. The van der Waals surface area contributed by atoms with Gasteiger partial charge < -0.3 is 19.1 Å². The maximum Gasteiger partial charge on any atom is 0.335 e. The molecule has 3 unspecified atom stereocenters. The minimum atomic E-state index is -0.758. The Morgan fingerprint density at radius 1 is 1.31 bits per heavy atom. The van der Waals surface area contributed by atoms with Crippen LogP contribution in [0.1, 0.15) is 38.3 Å². The zero-order valence-electron chi connectivity index (χ0n) is 15.4. The summed E-state index contributed by atoms with van der Waals surface area (Å²) in [4.78, 5) is 25.6. The maximum absolute atomic E-state index is 13.0. The van der Waals surface area contributed by atoms with Gasteiger partial charge in [-0.1, -0.05) is 12.1 Å². The number of carbonyl (C=O) groups is 2. The predicted octanol–water partition coefficient (Wildman–Crippen LogP) is 2.47. The van der Waals surface area contributed by atoms with Crippen molar-refractivity contribution in [2.45, 2.75) is 44.9 Å². The summed E-state index contributed by atoms with van der Waals surface area (Å²) in [5.74, 6) is -1.26. The first kappa shape index (κ1) is 20.3. The zero-order valence-corrected chi connectivity index (χ0v) is 15.4. The summed E-state index contributed by atoms with van der Waals surface area (Å²) in [6.45, 7) is 4.10. The number of ether oxygens (including phenoxy) is 3. The van der Waals surface area contributed by atoms with E-state index in [-0.39, 0.29) is 30.5 Å². The average molecular weight is 367 g/mol. The third-order valence-electron chi connectivity index (χ3n) is 4.55. The van der Waals surface area contributed by atoms with Crippen molar-refractivity contribution in [3.63, 3.8) is 0 Å². The summed E-state index contributed by atoms with van der Waals surface area (Å²) < 4.78 is 28.9. The van der Waals surface area contributed by atoms with Gasteiger partial charge in [0.1, 0.15) is 5.82 Å². The molecule has 6 nitrogen and oxygen atoms in total. The Bertz CT molecular complexity index is 600. The van der Waals surface area contributed by atoms with Crippen molar-refractivity contribution in [3.8, 4) is 0 Å². The number of nitrogens with zero attached hydrogens (tertiary/aromatic N) is 1. The van der Waals surface area contributed by atoms with Gasteiger partial charge >= 0.3 is 5.97 Å². The normalized spacial score (nSPS) is 19.0. The fourth-order valence-corrected chi connectivity index (χ4v) is 2.63. The molecule has 1 aromatic rings. The lowest BCUT2D eigenvalue weighted by molar-refractivity contribution is -0.162. The monoisotopic (exact) mass is 367 g/mol. The molecule has 7 heteroatoms. The van der Waals surface area contributed by atoms with Crippen LogP contribution in [0.15, 0.2) is 24.3 Å². The van der Waals surface area contributed by atoms with Crippen LogP contribution in [0.5, 0.6) is 0 Å². The number of carbonyl (C=O) groups excluding carboxylic acids is 2. The predicted molar refractivity (Wildman–Crippen MR) is 92.9 cm³/mol. The van der Waals surface area contributed by atoms with Crippen LogP contribution in [0.25, 0.3) is 0 Å². The zero-order chi connectivity index (χ0) is 19.1. The summed E-state index contributed by atoms with van der Waals surface area (Å²) in [6, 6.07) is 5.66. The standard InChI is InChI=1S/C19H26FNO5/c1-13(15-6-8-16(20)9-7-15)21(3)18(22)12-26-19(23)14(2)25-11-17-5-4-10-24-17/h6-9,13-14,17H,4-5,10-12H2,1-3H3. The van der Waals surface area contributed by atoms with Gasteiger partial charge in [-0.25, -0.2) is 9.18 Å². The van der Waals surface area contributed by atoms with Crippen LogP contribution >= 0.6 is 0 Å². The lowest BCUT2D eigenvalue weighted by Gasteiger charge is -2.25. The van der Waals surface area contributed by atoms with E-state index in [2.05, 4.69) is 0 Å². The third-order valence-corrected chi connectivity index (χ3v) is 4.55. The first-order valence-corrected chi connectivity index (χ1v) is 8.79. The molecule has 26 heavy (non-hydrogen) atoms. The van der Waals surface area contributed by atoms with Gasteiger partial charge in [0.15, 0.2) is 12.7 Å². The molecule has 0 saturated carbocycles.